The molecule has 144 valence electrons. The van der Waals surface area contributed by atoms with Crippen LogP contribution in [0.3, 0.4) is 0 Å². The summed E-state index contributed by atoms with van der Waals surface area (Å²) in [6.07, 6.45) is 0. The van der Waals surface area contributed by atoms with Gasteiger partial charge in [0.2, 0.25) is 0 Å². The van der Waals surface area contributed by atoms with Gasteiger partial charge < -0.3 is 5.32 Å². The van der Waals surface area contributed by atoms with Crippen molar-refractivity contribution in [2.45, 2.75) is 13.8 Å². The molecule has 0 bridgehead atoms. The maximum atomic E-state index is 13.0. The van der Waals surface area contributed by atoms with Crippen molar-refractivity contribution in [1.29, 1.82) is 0 Å². The number of rotatable bonds is 4. The van der Waals surface area contributed by atoms with E-state index in [0.29, 0.717) is 11.4 Å². The molecule has 0 atom stereocenters. The van der Waals surface area contributed by atoms with Crippen LogP contribution in [-0.4, -0.2) is 20.2 Å². The Balaban J connectivity index is 1.78. The fourth-order valence-corrected chi connectivity index (χ4v) is 2.89. The lowest BCUT2D eigenvalue weighted by atomic mass is 10.1. The van der Waals surface area contributed by atoms with Gasteiger partial charge in [0.25, 0.3) is 5.56 Å². The van der Waals surface area contributed by atoms with Crippen LogP contribution in [-0.2, 0) is 7.05 Å². The van der Waals surface area contributed by atoms with Gasteiger partial charge in [0.15, 0.2) is 5.11 Å². The number of nitrogens with one attached hydrogen (secondary N) is 2. The Morgan fingerprint density at radius 2 is 1.75 bits per heavy atom. The van der Waals surface area contributed by atoms with Crippen molar-refractivity contribution in [3.8, 4) is 5.69 Å². The highest BCUT2D eigenvalue weighted by Crippen LogP contribution is 2.13. The lowest BCUT2D eigenvalue weighted by Crippen LogP contribution is -2.28. The highest BCUT2D eigenvalue weighted by atomic mass is 32.1. The zero-order chi connectivity index (χ0) is 20.3. The first-order valence-electron chi connectivity index (χ1n) is 8.59. The van der Waals surface area contributed by atoms with Crippen molar-refractivity contribution < 1.29 is 4.39 Å². The van der Waals surface area contributed by atoms with Crippen LogP contribution in [0.1, 0.15) is 18.2 Å². The number of aromatic nitrogens is 2. The predicted molar refractivity (Wildman–Crippen MR) is 114 cm³/mol. The Labute approximate surface area is 167 Å². The Bertz CT molecular complexity index is 1080. The van der Waals surface area contributed by atoms with Crippen molar-refractivity contribution >= 4 is 28.7 Å². The van der Waals surface area contributed by atoms with Crippen molar-refractivity contribution in [3.63, 3.8) is 0 Å². The standard InChI is InChI=1S/C20H20FN5OS/c1-13(15-9-11-16(21)12-10-15)23-24-20(28)22-18-14(2)25(3)26(19(18)27)17-7-5-4-6-8-17/h4-12H,1-3H3,(H2,22,24,28)/b23-13-. The molecule has 0 radical (unpaired) electrons. The molecule has 0 saturated carbocycles. The molecular weight excluding hydrogens is 377 g/mol. The van der Waals surface area contributed by atoms with Gasteiger partial charge in [-0.3, -0.25) is 14.9 Å². The van der Waals surface area contributed by atoms with Gasteiger partial charge in [-0.25, -0.2) is 9.07 Å². The van der Waals surface area contributed by atoms with E-state index in [1.165, 1.54) is 12.1 Å². The van der Waals surface area contributed by atoms with Crippen LogP contribution < -0.4 is 16.3 Å². The molecule has 1 heterocycles. The number of hydrogen-bond donors (Lipinski definition) is 2. The summed E-state index contributed by atoms with van der Waals surface area (Å²) in [6, 6.07) is 15.3. The number of halogens is 1. The smallest absolute Gasteiger partial charge is 0.295 e. The molecule has 28 heavy (non-hydrogen) atoms. The second kappa shape index (κ2) is 8.18. The number of thiocarbonyl (C=S) groups is 1. The van der Waals surface area contributed by atoms with Crippen LogP contribution >= 0.6 is 12.2 Å². The SMILES string of the molecule is C/C(=N/NC(=S)Nc1c(C)n(C)n(-c2ccccc2)c1=O)c1ccc(F)cc1. The average Bonchev–Trinajstić information content (AvgIpc) is 2.90. The Morgan fingerprint density at radius 1 is 1.11 bits per heavy atom. The van der Waals surface area contributed by atoms with Gasteiger partial charge in [0, 0.05) is 7.05 Å². The molecule has 8 heteroatoms. The summed E-state index contributed by atoms with van der Waals surface area (Å²) < 4.78 is 16.3. The summed E-state index contributed by atoms with van der Waals surface area (Å²) in [6.45, 7) is 3.61. The number of hydrazone groups is 1. The number of nitrogens with zero attached hydrogens (tertiary/aromatic N) is 3. The van der Waals surface area contributed by atoms with E-state index in [0.717, 1.165) is 16.9 Å². The van der Waals surface area contributed by atoms with E-state index >= 15 is 0 Å². The topological polar surface area (TPSA) is 63.4 Å². The van der Waals surface area contributed by atoms with Gasteiger partial charge in [0.1, 0.15) is 11.5 Å². The van der Waals surface area contributed by atoms with Crippen LogP contribution in [0.4, 0.5) is 10.1 Å². The fourth-order valence-electron chi connectivity index (χ4n) is 2.74. The van der Waals surface area contributed by atoms with E-state index in [2.05, 4.69) is 15.8 Å². The van der Waals surface area contributed by atoms with E-state index in [4.69, 9.17) is 12.2 Å². The van der Waals surface area contributed by atoms with Crippen LogP contribution in [0.25, 0.3) is 5.69 Å². The lowest BCUT2D eigenvalue weighted by molar-refractivity contribution is 0.628. The molecule has 0 amide bonds. The molecule has 0 aliphatic carbocycles. The Hall–Kier alpha value is -3.26. The molecule has 6 nitrogen and oxygen atoms in total. The van der Waals surface area contributed by atoms with Crippen molar-refractivity contribution in [2.75, 3.05) is 5.32 Å². The normalized spacial score (nSPS) is 11.4. The van der Waals surface area contributed by atoms with Gasteiger partial charge in [-0.1, -0.05) is 30.3 Å². The third-order valence-electron chi connectivity index (χ3n) is 4.38. The zero-order valence-corrected chi connectivity index (χ0v) is 16.5. The van der Waals surface area contributed by atoms with Crippen molar-refractivity contribution in [3.05, 3.63) is 82.0 Å². The molecule has 3 aromatic rings. The van der Waals surface area contributed by atoms with Crippen molar-refractivity contribution in [1.82, 2.24) is 14.8 Å². The highest BCUT2D eigenvalue weighted by Gasteiger charge is 2.16. The molecule has 0 fully saturated rings. The molecule has 2 N–H and O–H groups in total. The first-order valence-corrected chi connectivity index (χ1v) is 9.00. The maximum absolute atomic E-state index is 13.0. The average molecular weight is 397 g/mol. The molecule has 0 spiro atoms. The second-order valence-electron chi connectivity index (χ2n) is 6.21. The molecule has 0 saturated heterocycles. The van der Waals surface area contributed by atoms with Crippen LogP contribution in [0.2, 0.25) is 0 Å². The van der Waals surface area contributed by atoms with Gasteiger partial charge in [0.05, 0.1) is 17.1 Å². The maximum Gasteiger partial charge on any atom is 0.295 e. The minimum Gasteiger partial charge on any atom is -0.325 e. The van der Waals surface area contributed by atoms with E-state index in [-0.39, 0.29) is 16.5 Å². The predicted octanol–water partition coefficient (Wildman–Crippen LogP) is 3.33. The molecule has 2 aromatic carbocycles. The summed E-state index contributed by atoms with van der Waals surface area (Å²) in [4.78, 5) is 12.9. The highest BCUT2D eigenvalue weighted by molar-refractivity contribution is 7.80. The molecule has 1 aromatic heterocycles. The van der Waals surface area contributed by atoms with Gasteiger partial charge in [-0.15, -0.1) is 0 Å². The van der Waals surface area contributed by atoms with E-state index in [1.807, 2.05) is 44.3 Å². The third-order valence-corrected chi connectivity index (χ3v) is 4.57. The minimum absolute atomic E-state index is 0.187. The molecule has 0 aliphatic rings. The number of benzene rings is 2. The quantitative estimate of drug-likeness (QED) is 0.403. The lowest BCUT2D eigenvalue weighted by Gasteiger charge is -2.07. The first-order chi connectivity index (χ1) is 13.4. The second-order valence-corrected chi connectivity index (χ2v) is 6.61. The zero-order valence-electron chi connectivity index (χ0n) is 15.7. The summed E-state index contributed by atoms with van der Waals surface area (Å²) in [5.74, 6) is -0.309. The van der Waals surface area contributed by atoms with E-state index in [1.54, 1.807) is 28.4 Å². The Kier molecular flexibility index (Phi) is 5.70. The summed E-state index contributed by atoms with van der Waals surface area (Å²) in [5, 5.41) is 7.30. The first kappa shape index (κ1) is 19.5. The molecular formula is C20H20FN5OS. The summed E-state index contributed by atoms with van der Waals surface area (Å²) in [5.41, 5.74) is 5.78. The monoisotopic (exact) mass is 397 g/mol. The van der Waals surface area contributed by atoms with Gasteiger partial charge >= 0.3 is 0 Å². The fraction of sp³-hybridized carbons (Fsp3) is 0.150. The van der Waals surface area contributed by atoms with Crippen LogP contribution in [0, 0.1) is 12.7 Å². The van der Waals surface area contributed by atoms with E-state index < -0.39 is 0 Å². The van der Waals surface area contributed by atoms with Crippen LogP contribution in [0.5, 0.6) is 0 Å². The van der Waals surface area contributed by atoms with Crippen LogP contribution in [0.15, 0.2) is 64.5 Å². The third kappa shape index (κ3) is 4.01. The summed E-state index contributed by atoms with van der Waals surface area (Å²) >= 11 is 5.27. The van der Waals surface area contributed by atoms with Gasteiger partial charge in [-0.2, -0.15) is 5.10 Å². The molecule has 0 unspecified atom stereocenters. The Morgan fingerprint density at radius 3 is 2.39 bits per heavy atom. The number of para-hydroxylation sites is 1. The largest absolute Gasteiger partial charge is 0.325 e. The minimum atomic E-state index is -0.309. The number of anilines is 1. The van der Waals surface area contributed by atoms with Gasteiger partial charge in [-0.05, 0) is 55.9 Å². The summed E-state index contributed by atoms with van der Waals surface area (Å²) in [7, 11) is 1.81. The molecule has 3 rings (SSSR count). The van der Waals surface area contributed by atoms with E-state index in [9.17, 15) is 9.18 Å². The number of hydrogen-bond acceptors (Lipinski definition) is 3. The van der Waals surface area contributed by atoms with Crippen molar-refractivity contribution in [2.24, 2.45) is 12.1 Å². The molecule has 0 aliphatic heterocycles.